The van der Waals surface area contributed by atoms with Crippen LogP contribution < -0.4 is 20.1 Å². The number of halogens is 3. The molecular formula is C24H27F3N4O2. The molecule has 0 saturated carbocycles. The standard InChI is InChI=1S/C24H27F3N4O2/c1-4-5-14-32-18-12-10-17(11-13-18)29-23-28-15-19(24(25,26)27)22(31-23)30-20-8-6-7-9-21(20)33-16(2)3/h6-13,15-16H,4-5,14H2,1-3H3,(H2,28,29,30,31). The van der Waals surface area contributed by atoms with Crippen LogP contribution >= 0.6 is 0 Å². The van der Waals surface area contributed by atoms with Gasteiger partial charge in [0.05, 0.1) is 18.4 Å². The molecule has 2 N–H and O–H groups in total. The Hall–Kier alpha value is -3.49. The molecule has 3 aromatic rings. The molecule has 0 amide bonds. The summed E-state index contributed by atoms with van der Waals surface area (Å²) in [6, 6.07) is 13.8. The van der Waals surface area contributed by atoms with Crippen LogP contribution in [0.2, 0.25) is 0 Å². The number of nitrogens with one attached hydrogen (secondary N) is 2. The van der Waals surface area contributed by atoms with Crippen molar-refractivity contribution in [2.75, 3.05) is 17.2 Å². The van der Waals surface area contributed by atoms with E-state index in [2.05, 4.69) is 27.5 Å². The lowest BCUT2D eigenvalue weighted by molar-refractivity contribution is -0.137. The van der Waals surface area contributed by atoms with Crippen molar-refractivity contribution in [2.24, 2.45) is 0 Å². The largest absolute Gasteiger partial charge is 0.494 e. The van der Waals surface area contributed by atoms with Crippen LogP contribution in [0.15, 0.2) is 54.7 Å². The van der Waals surface area contributed by atoms with E-state index in [4.69, 9.17) is 9.47 Å². The molecule has 0 fully saturated rings. The minimum atomic E-state index is -4.63. The predicted octanol–water partition coefficient (Wildman–Crippen LogP) is 6.95. The summed E-state index contributed by atoms with van der Waals surface area (Å²) in [6.45, 7) is 6.39. The van der Waals surface area contributed by atoms with E-state index >= 15 is 0 Å². The van der Waals surface area contributed by atoms with Gasteiger partial charge in [0.2, 0.25) is 5.95 Å². The second kappa shape index (κ2) is 10.9. The number of benzene rings is 2. The molecule has 33 heavy (non-hydrogen) atoms. The second-order valence-corrected chi connectivity index (χ2v) is 7.59. The quantitative estimate of drug-likeness (QED) is 0.319. The first kappa shape index (κ1) is 24.2. The van der Waals surface area contributed by atoms with Crippen LogP contribution in [0.3, 0.4) is 0 Å². The first-order chi connectivity index (χ1) is 15.8. The fraction of sp³-hybridized carbons (Fsp3) is 0.333. The summed E-state index contributed by atoms with van der Waals surface area (Å²) in [7, 11) is 0. The van der Waals surface area contributed by atoms with E-state index < -0.39 is 11.7 Å². The van der Waals surface area contributed by atoms with Crippen molar-refractivity contribution in [3.63, 3.8) is 0 Å². The zero-order chi connectivity index (χ0) is 23.8. The van der Waals surface area contributed by atoms with Gasteiger partial charge < -0.3 is 20.1 Å². The van der Waals surface area contributed by atoms with Gasteiger partial charge in [0.15, 0.2) is 0 Å². The lowest BCUT2D eigenvalue weighted by Crippen LogP contribution is -2.13. The monoisotopic (exact) mass is 460 g/mol. The third-order valence-electron chi connectivity index (χ3n) is 4.47. The van der Waals surface area contributed by atoms with Crippen LogP contribution in [0, 0.1) is 0 Å². The molecule has 0 bridgehead atoms. The van der Waals surface area contributed by atoms with Gasteiger partial charge in [-0.25, -0.2) is 4.98 Å². The van der Waals surface area contributed by atoms with Gasteiger partial charge in [0.25, 0.3) is 0 Å². The maximum atomic E-state index is 13.6. The van der Waals surface area contributed by atoms with Crippen molar-refractivity contribution >= 4 is 23.1 Å². The van der Waals surface area contributed by atoms with Gasteiger partial charge in [-0.3, -0.25) is 0 Å². The number of hydrogen-bond donors (Lipinski definition) is 2. The molecule has 0 atom stereocenters. The molecule has 1 heterocycles. The first-order valence-electron chi connectivity index (χ1n) is 10.7. The smallest absolute Gasteiger partial charge is 0.421 e. The molecule has 3 rings (SSSR count). The van der Waals surface area contributed by atoms with E-state index in [-0.39, 0.29) is 17.9 Å². The summed E-state index contributed by atoms with van der Waals surface area (Å²) in [5.41, 5.74) is 0.00842. The maximum Gasteiger partial charge on any atom is 0.421 e. The van der Waals surface area contributed by atoms with Crippen LogP contribution in [0.5, 0.6) is 11.5 Å². The average molecular weight is 461 g/mol. The van der Waals surface area contributed by atoms with E-state index in [9.17, 15) is 13.2 Å². The van der Waals surface area contributed by atoms with Crippen molar-refractivity contribution in [2.45, 2.75) is 45.9 Å². The van der Waals surface area contributed by atoms with Crippen LogP contribution in [-0.4, -0.2) is 22.7 Å². The molecule has 0 unspecified atom stereocenters. The zero-order valence-electron chi connectivity index (χ0n) is 18.7. The van der Waals surface area contributed by atoms with Crippen LogP contribution in [0.1, 0.15) is 39.2 Å². The van der Waals surface area contributed by atoms with Gasteiger partial charge in [0.1, 0.15) is 22.9 Å². The number of unbranched alkanes of at least 4 members (excludes halogenated alkanes) is 1. The summed E-state index contributed by atoms with van der Waals surface area (Å²) in [5, 5.41) is 5.69. The average Bonchev–Trinajstić information content (AvgIpc) is 2.75. The molecular weight excluding hydrogens is 433 g/mol. The van der Waals surface area contributed by atoms with Crippen molar-refractivity contribution < 1.29 is 22.6 Å². The lowest BCUT2D eigenvalue weighted by atomic mass is 10.2. The number of nitrogens with zero attached hydrogens (tertiary/aromatic N) is 2. The Bertz CT molecular complexity index is 1040. The molecule has 0 spiro atoms. The fourth-order valence-electron chi connectivity index (χ4n) is 2.90. The Kier molecular flexibility index (Phi) is 7.97. The van der Waals surface area contributed by atoms with Gasteiger partial charge in [-0.05, 0) is 56.7 Å². The van der Waals surface area contributed by atoms with Crippen LogP contribution in [-0.2, 0) is 6.18 Å². The van der Waals surface area contributed by atoms with Crippen molar-refractivity contribution in [1.82, 2.24) is 9.97 Å². The number of anilines is 4. The Balaban J connectivity index is 1.84. The highest BCUT2D eigenvalue weighted by atomic mass is 19.4. The molecule has 0 radical (unpaired) electrons. The molecule has 2 aromatic carbocycles. The Labute approximate surface area is 191 Å². The molecule has 0 aliphatic rings. The Morgan fingerprint density at radius 1 is 1.00 bits per heavy atom. The second-order valence-electron chi connectivity index (χ2n) is 7.59. The number of rotatable bonds is 10. The number of ether oxygens (including phenoxy) is 2. The van der Waals surface area contributed by atoms with Gasteiger partial charge in [-0.15, -0.1) is 0 Å². The SMILES string of the molecule is CCCCOc1ccc(Nc2ncc(C(F)(F)F)c(Nc3ccccc3OC(C)C)n2)cc1. The van der Waals surface area contributed by atoms with Gasteiger partial charge in [-0.2, -0.15) is 18.2 Å². The maximum absolute atomic E-state index is 13.6. The minimum absolute atomic E-state index is 0.0208. The lowest BCUT2D eigenvalue weighted by Gasteiger charge is -2.18. The van der Waals surface area contributed by atoms with Crippen molar-refractivity contribution in [3.05, 3.63) is 60.3 Å². The normalized spacial score (nSPS) is 11.4. The third-order valence-corrected chi connectivity index (χ3v) is 4.47. The summed E-state index contributed by atoms with van der Waals surface area (Å²) in [5.74, 6) is 0.783. The number of para-hydroxylation sites is 2. The highest BCUT2D eigenvalue weighted by molar-refractivity contribution is 5.67. The molecule has 0 saturated heterocycles. The topological polar surface area (TPSA) is 68.3 Å². The summed E-state index contributed by atoms with van der Waals surface area (Å²) >= 11 is 0. The number of hydrogen-bond acceptors (Lipinski definition) is 6. The molecule has 0 aliphatic carbocycles. The van der Waals surface area contributed by atoms with E-state index in [1.165, 1.54) is 0 Å². The molecule has 9 heteroatoms. The van der Waals surface area contributed by atoms with Gasteiger partial charge >= 0.3 is 6.18 Å². The molecule has 0 aliphatic heterocycles. The highest BCUT2D eigenvalue weighted by Gasteiger charge is 2.35. The fourth-order valence-corrected chi connectivity index (χ4v) is 2.90. The predicted molar refractivity (Wildman–Crippen MR) is 123 cm³/mol. The summed E-state index contributed by atoms with van der Waals surface area (Å²) in [6.07, 6.45) is -2.03. The Morgan fingerprint density at radius 3 is 2.39 bits per heavy atom. The van der Waals surface area contributed by atoms with Gasteiger partial charge in [-0.1, -0.05) is 25.5 Å². The van der Waals surface area contributed by atoms with E-state index in [0.29, 0.717) is 29.5 Å². The van der Waals surface area contributed by atoms with Gasteiger partial charge in [0, 0.05) is 11.9 Å². The van der Waals surface area contributed by atoms with E-state index in [0.717, 1.165) is 19.0 Å². The highest BCUT2D eigenvalue weighted by Crippen LogP contribution is 2.37. The van der Waals surface area contributed by atoms with E-state index in [1.807, 2.05) is 13.8 Å². The molecule has 6 nitrogen and oxygen atoms in total. The van der Waals surface area contributed by atoms with Crippen molar-refractivity contribution in [1.29, 1.82) is 0 Å². The number of aromatic nitrogens is 2. The van der Waals surface area contributed by atoms with Crippen LogP contribution in [0.25, 0.3) is 0 Å². The molecule has 176 valence electrons. The van der Waals surface area contributed by atoms with Crippen LogP contribution in [0.4, 0.5) is 36.3 Å². The third kappa shape index (κ3) is 7.00. The minimum Gasteiger partial charge on any atom is -0.494 e. The molecule has 1 aromatic heterocycles. The summed E-state index contributed by atoms with van der Waals surface area (Å²) < 4.78 is 52.1. The summed E-state index contributed by atoms with van der Waals surface area (Å²) in [4.78, 5) is 7.94. The van der Waals surface area contributed by atoms with E-state index in [1.54, 1.807) is 48.5 Å². The first-order valence-corrected chi connectivity index (χ1v) is 10.7. The zero-order valence-corrected chi connectivity index (χ0v) is 18.7. The Morgan fingerprint density at radius 2 is 1.73 bits per heavy atom. The van der Waals surface area contributed by atoms with Crippen molar-refractivity contribution in [3.8, 4) is 11.5 Å². The number of alkyl halides is 3.